The SMILES string of the molecule is Cc1cc(C(O)O)c(C)c2c1SCC(C)(C)C2=O. The molecule has 4 heteroatoms. The fourth-order valence-electron chi connectivity index (χ4n) is 2.30. The summed E-state index contributed by atoms with van der Waals surface area (Å²) in [5.41, 5.74) is 2.33. The molecule has 98 valence electrons. The van der Waals surface area contributed by atoms with Gasteiger partial charge >= 0.3 is 0 Å². The fourth-order valence-corrected chi connectivity index (χ4v) is 3.62. The third-order valence-electron chi connectivity index (χ3n) is 3.46. The molecule has 1 aliphatic rings. The van der Waals surface area contributed by atoms with Gasteiger partial charge in [0, 0.05) is 27.2 Å². The third kappa shape index (κ3) is 1.98. The van der Waals surface area contributed by atoms with Gasteiger partial charge in [-0.15, -0.1) is 11.8 Å². The number of benzene rings is 1. The molecule has 0 saturated carbocycles. The molecule has 0 aromatic heterocycles. The minimum Gasteiger partial charge on any atom is -0.364 e. The Morgan fingerprint density at radius 1 is 1.33 bits per heavy atom. The van der Waals surface area contributed by atoms with Gasteiger partial charge in [-0.2, -0.15) is 0 Å². The van der Waals surface area contributed by atoms with E-state index in [9.17, 15) is 15.0 Å². The van der Waals surface area contributed by atoms with Crippen LogP contribution < -0.4 is 0 Å². The summed E-state index contributed by atoms with van der Waals surface area (Å²) >= 11 is 1.68. The minimum absolute atomic E-state index is 0.0966. The lowest BCUT2D eigenvalue weighted by Crippen LogP contribution is -2.32. The molecule has 0 fully saturated rings. The second-order valence-corrected chi connectivity index (χ2v) is 6.47. The van der Waals surface area contributed by atoms with Gasteiger partial charge in [-0.1, -0.05) is 13.8 Å². The topological polar surface area (TPSA) is 57.5 Å². The quantitative estimate of drug-likeness (QED) is 0.767. The van der Waals surface area contributed by atoms with Crippen molar-refractivity contribution in [3.8, 4) is 0 Å². The molecule has 0 amide bonds. The van der Waals surface area contributed by atoms with Crippen LogP contribution in [0, 0.1) is 19.3 Å². The predicted octanol–water partition coefficient (Wildman–Crippen LogP) is 2.60. The van der Waals surface area contributed by atoms with Crippen molar-refractivity contribution in [1.29, 1.82) is 0 Å². The molecule has 0 saturated heterocycles. The van der Waals surface area contributed by atoms with Gasteiger partial charge in [0.15, 0.2) is 12.1 Å². The highest BCUT2D eigenvalue weighted by atomic mass is 32.2. The van der Waals surface area contributed by atoms with Crippen LogP contribution in [0.5, 0.6) is 0 Å². The van der Waals surface area contributed by atoms with E-state index in [1.807, 2.05) is 20.8 Å². The summed E-state index contributed by atoms with van der Waals surface area (Å²) in [6.07, 6.45) is -1.53. The van der Waals surface area contributed by atoms with Crippen LogP contribution >= 0.6 is 11.8 Å². The van der Waals surface area contributed by atoms with E-state index < -0.39 is 11.7 Å². The number of fused-ring (bicyclic) bond motifs is 1. The van der Waals surface area contributed by atoms with Crippen molar-refractivity contribution in [3.63, 3.8) is 0 Å². The zero-order valence-electron chi connectivity index (χ0n) is 11.1. The highest BCUT2D eigenvalue weighted by Crippen LogP contribution is 2.43. The molecule has 2 rings (SSSR count). The van der Waals surface area contributed by atoms with E-state index in [4.69, 9.17) is 0 Å². The van der Waals surface area contributed by atoms with Crippen molar-refractivity contribution >= 4 is 17.5 Å². The van der Waals surface area contributed by atoms with Gasteiger partial charge < -0.3 is 10.2 Å². The Morgan fingerprint density at radius 3 is 2.50 bits per heavy atom. The molecular formula is C14H18O3S. The van der Waals surface area contributed by atoms with Crippen LogP contribution in [-0.2, 0) is 0 Å². The molecule has 2 N–H and O–H groups in total. The number of carbonyl (C=O) groups excluding carboxylic acids is 1. The maximum atomic E-state index is 12.5. The zero-order valence-corrected chi connectivity index (χ0v) is 11.9. The lowest BCUT2D eigenvalue weighted by Gasteiger charge is -2.32. The van der Waals surface area contributed by atoms with E-state index in [0.717, 1.165) is 16.2 Å². The maximum absolute atomic E-state index is 12.5. The van der Waals surface area contributed by atoms with Crippen molar-refractivity contribution in [1.82, 2.24) is 0 Å². The summed E-state index contributed by atoms with van der Waals surface area (Å²) in [5, 5.41) is 18.8. The molecular weight excluding hydrogens is 248 g/mol. The van der Waals surface area contributed by atoms with Crippen molar-refractivity contribution in [3.05, 3.63) is 28.3 Å². The molecule has 0 aliphatic carbocycles. The summed E-state index contributed by atoms with van der Waals surface area (Å²) < 4.78 is 0. The first-order chi connectivity index (χ1) is 8.25. The maximum Gasteiger partial charge on any atom is 0.178 e. The van der Waals surface area contributed by atoms with Gasteiger partial charge in [0.25, 0.3) is 0 Å². The van der Waals surface area contributed by atoms with Crippen LogP contribution in [0.1, 0.15) is 47.2 Å². The van der Waals surface area contributed by atoms with Gasteiger partial charge in [0.05, 0.1) is 0 Å². The molecule has 1 aliphatic heterocycles. The minimum atomic E-state index is -1.53. The molecule has 1 aromatic rings. The van der Waals surface area contributed by atoms with Gasteiger partial charge in [-0.3, -0.25) is 4.79 Å². The largest absolute Gasteiger partial charge is 0.364 e. The Balaban J connectivity index is 2.71. The zero-order chi connectivity index (χ0) is 13.7. The Bertz CT molecular complexity index is 518. The van der Waals surface area contributed by atoms with E-state index >= 15 is 0 Å². The number of rotatable bonds is 1. The molecule has 0 bridgehead atoms. The number of Topliss-reactive ketones (excluding diaryl/α,β-unsaturated/α-hetero) is 1. The van der Waals surface area contributed by atoms with Crippen LogP contribution in [-0.4, -0.2) is 21.7 Å². The van der Waals surface area contributed by atoms with Crippen molar-refractivity contribution in [2.75, 3.05) is 5.75 Å². The molecule has 0 radical (unpaired) electrons. The second kappa shape index (κ2) is 4.37. The number of hydrogen-bond acceptors (Lipinski definition) is 4. The average molecular weight is 266 g/mol. The van der Waals surface area contributed by atoms with Gasteiger partial charge in [0.2, 0.25) is 0 Å². The van der Waals surface area contributed by atoms with Crippen LogP contribution in [0.25, 0.3) is 0 Å². The highest BCUT2D eigenvalue weighted by molar-refractivity contribution is 7.99. The average Bonchev–Trinajstić information content (AvgIpc) is 2.27. The van der Waals surface area contributed by atoms with Crippen LogP contribution in [0.3, 0.4) is 0 Å². The number of carbonyl (C=O) groups is 1. The number of aryl methyl sites for hydroxylation is 1. The van der Waals surface area contributed by atoms with E-state index in [1.54, 1.807) is 24.8 Å². The number of thioether (sulfide) groups is 1. The monoisotopic (exact) mass is 266 g/mol. The first-order valence-corrected chi connectivity index (χ1v) is 6.92. The standard InChI is InChI=1S/C14H18O3S/c1-7-5-9(13(16)17)8(2)10-11(7)18-6-14(3,4)12(10)15/h5,13,16-17H,6H2,1-4H3. The summed E-state index contributed by atoms with van der Waals surface area (Å²) in [7, 11) is 0. The molecule has 1 aromatic carbocycles. The smallest absolute Gasteiger partial charge is 0.178 e. The lowest BCUT2D eigenvalue weighted by molar-refractivity contribution is -0.0430. The summed E-state index contributed by atoms with van der Waals surface area (Å²) in [6, 6.07) is 1.76. The van der Waals surface area contributed by atoms with Crippen LogP contribution in [0.2, 0.25) is 0 Å². The van der Waals surface area contributed by atoms with E-state index in [-0.39, 0.29) is 5.78 Å². The Labute approximate surface area is 111 Å². The molecule has 18 heavy (non-hydrogen) atoms. The van der Waals surface area contributed by atoms with Gasteiger partial charge in [-0.05, 0) is 31.0 Å². The van der Waals surface area contributed by atoms with Crippen molar-refractivity contribution in [2.45, 2.75) is 38.9 Å². The summed E-state index contributed by atoms with van der Waals surface area (Å²) in [4.78, 5) is 13.5. The third-order valence-corrected chi connectivity index (χ3v) is 5.14. The van der Waals surface area contributed by atoms with Crippen LogP contribution in [0.4, 0.5) is 0 Å². The summed E-state index contributed by atoms with van der Waals surface area (Å²) in [6.45, 7) is 7.56. The second-order valence-electron chi connectivity index (χ2n) is 5.49. The predicted molar refractivity (Wildman–Crippen MR) is 71.9 cm³/mol. The number of ketones is 1. The van der Waals surface area contributed by atoms with Gasteiger partial charge in [0.1, 0.15) is 0 Å². The van der Waals surface area contributed by atoms with E-state index in [1.165, 1.54) is 0 Å². The number of aliphatic hydroxyl groups excluding tert-OH is 1. The highest BCUT2D eigenvalue weighted by Gasteiger charge is 2.37. The van der Waals surface area contributed by atoms with E-state index in [0.29, 0.717) is 16.7 Å². The molecule has 3 nitrogen and oxygen atoms in total. The first kappa shape index (κ1) is 13.6. The molecule has 0 unspecified atom stereocenters. The summed E-state index contributed by atoms with van der Waals surface area (Å²) in [5.74, 6) is 0.861. The number of hydrogen-bond donors (Lipinski definition) is 2. The number of aliphatic hydroxyl groups is 2. The molecule has 0 spiro atoms. The fraction of sp³-hybridized carbons (Fsp3) is 0.500. The van der Waals surface area contributed by atoms with Crippen LogP contribution in [0.15, 0.2) is 11.0 Å². The Hall–Kier alpha value is -0.840. The Morgan fingerprint density at radius 2 is 1.94 bits per heavy atom. The lowest BCUT2D eigenvalue weighted by atomic mass is 9.82. The Kier molecular flexibility index (Phi) is 3.30. The first-order valence-electron chi connectivity index (χ1n) is 5.93. The van der Waals surface area contributed by atoms with Gasteiger partial charge in [-0.25, -0.2) is 0 Å². The van der Waals surface area contributed by atoms with Crippen molar-refractivity contribution < 1.29 is 15.0 Å². The normalized spacial score (nSPS) is 18.1. The van der Waals surface area contributed by atoms with Crippen molar-refractivity contribution in [2.24, 2.45) is 5.41 Å². The van der Waals surface area contributed by atoms with E-state index in [2.05, 4.69) is 0 Å². The molecule has 0 atom stereocenters. The molecule has 1 heterocycles.